The van der Waals surface area contributed by atoms with E-state index in [1.807, 2.05) is 0 Å². The fourth-order valence-electron chi connectivity index (χ4n) is 0.582. The molecule has 0 aromatic heterocycles. The van der Waals surface area contributed by atoms with Crippen LogP contribution in [-0.4, -0.2) is 0 Å². The molecule has 0 fully saturated rings. The number of benzene rings is 1. The minimum atomic E-state index is -1.39. The first-order valence-electron chi connectivity index (χ1n) is 2.74. The Morgan fingerprint density at radius 2 is 1.82 bits per heavy atom. The van der Waals surface area contributed by atoms with Crippen molar-refractivity contribution < 1.29 is 0 Å². The third kappa shape index (κ3) is 2.72. The minimum absolute atomic E-state index is 0.503. The molecule has 4 heteroatoms. The molecule has 0 spiro atoms. The van der Waals surface area contributed by atoms with Crippen molar-refractivity contribution in [1.29, 1.82) is 0 Å². The number of halogens is 4. The normalized spacial score (nSPS) is 11.6. The van der Waals surface area contributed by atoms with Gasteiger partial charge in [-0.25, -0.2) is 0 Å². The zero-order chi connectivity index (χ0) is 8.48. The van der Waals surface area contributed by atoms with Gasteiger partial charge in [0.25, 0.3) is 0 Å². The number of alkyl halides is 3. The van der Waals surface area contributed by atoms with E-state index in [4.69, 9.17) is 46.4 Å². The van der Waals surface area contributed by atoms with E-state index in [9.17, 15) is 0 Å². The van der Waals surface area contributed by atoms with Gasteiger partial charge in [-0.15, -0.1) is 0 Å². The summed E-state index contributed by atoms with van der Waals surface area (Å²) in [5, 5.41) is 0.503. The molecule has 0 aliphatic carbocycles. The van der Waals surface area contributed by atoms with Crippen LogP contribution in [0.5, 0.6) is 0 Å². The van der Waals surface area contributed by atoms with E-state index in [2.05, 4.69) is 6.07 Å². The molecule has 59 valence electrons. The SMILES string of the molecule is Clc1[c]cc(C(Cl)(Cl)Cl)cc1. The lowest BCUT2D eigenvalue weighted by Gasteiger charge is -2.09. The van der Waals surface area contributed by atoms with Crippen LogP contribution in [-0.2, 0) is 3.79 Å². The first-order chi connectivity index (χ1) is 5.00. The van der Waals surface area contributed by atoms with Gasteiger partial charge in [-0.1, -0.05) is 52.5 Å². The smallest absolute Gasteiger partial charge is 0.0837 e. The van der Waals surface area contributed by atoms with Crippen LogP contribution in [0, 0.1) is 6.07 Å². The third-order valence-corrected chi connectivity index (χ3v) is 1.99. The average Bonchev–Trinajstić information content (AvgIpc) is 1.86. The van der Waals surface area contributed by atoms with Crippen LogP contribution in [0.3, 0.4) is 0 Å². The topological polar surface area (TPSA) is 0 Å². The third-order valence-electron chi connectivity index (χ3n) is 1.10. The quantitative estimate of drug-likeness (QED) is 0.590. The van der Waals surface area contributed by atoms with Crippen LogP contribution >= 0.6 is 46.4 Å². The van der Waals surface area contributed by atoms with E-state index in [0.29, 0.717) is 10.6 Å². The summed E-state index contributed by atoms with van der Waals surface area (Å²) in [7, 11) is 0. The minimum Gasteiger partial charge on any atom is -0.0837 e. The van der Waals surface area contributed by atoms with Crippen molar-refractivity contribution in [2.75, 3.05) is 0 Å². The second kappa shape index (κ2) is 3.40. The Hall–Kier alpha value is 0.380. The zero-order valence-electron chi connectivity index (χ0n) is 5.24. The molecule has 0 unspecified atom stereocenters. The van der Waals surface area contributed by atoms with Gasteiger partial charge in [0.1, 0.15) is 0 Å². The van der Waals surface area contributed by atoms with Crippen molar-refractivity contribution in [3.63, 3.8) is 0 Å². The lowest BCUT2D eigenvalue weighted by atomic mass is 10.2. The van der Waals surface area contributed by atoms with Gasteiger partial charge in [0, 0.05) is 16.7 Å². The molecular weight excluding hydrogens is 226 g/mol. The van der Waals surface area contributed by atoms with E-state index in [1.54, 1.807) is 18.2 Å². The maximum absolute atomic E-state index is 5.58. The second-order valence-electron chi connectivity index (χ2n) is 1.92. The van der Waals surface area contributed by atoms with Gasteiger partial charge >= 0.3 is 0 Å². The van der Waals surface area contributed by atoms with E-state index in [0.717, 1.165) is 0 Å². The predicted molar refractivity (Wildman–Crippen MR) is 49.5 cm³/mol. The van der Waals surface area contributed by atoms with E-state index in [-0.39, 0.29) is 0 Å². The van der Waals surface area contributed by atoms with E-state index < -0.39 is 3.79 Å². The summed E-state index contributed by atoms with van der Waals surface area (Å²) in [5.74, 6) is 0. The van der Waals surface area contributed by atoms with Crippen LogP contribution < -0.4 is 0 Å². The summed E-state index contributed by atoms with van der Waals surface area (Å²) in [4.78, 5) is 0. The summed E-state index contributed by atoms with van der Waals surface area (Å²) < 4.78 is -1.39. The van der Waals surface area contributed by atoms with Crippen LogP contribution in [0.15, 0.2) is 18.2 Å². The molecule has 0 saturated heterocycles. The Kier molecular flexibility index (Phi) is 2.93. The summed E-state index contributed by atoms with van der Waals surface area (Å²) in [6, 6.07) is 7.54. The Bertz CT molecular complexity index is 234. The number of hydrogen-bond acceptors (Lipinski definition) is 0. The Morgan fingerprint density at radius 3 is 2.18 bits per heavy atom. The first kappa shape index (κ1) is 9.47. The summed E-state index contributed by atoms with van der Waals surface area (Å²) in [6.45, 7) is 0. The maximum atomic E-state index is 5.58. The molecule has 0 atom stereocenters. The largest absolute Gasteiger partial charge is 0.216 e. The predicted octanol–water partition coefficient (Wildman–Crippen LogP) is 3.97. The standard InChI is InChI=1S/C7H3Cl4/c8-6-3-1-5(2-4-6)7(9,10)11/h1-3H. The molecule has 0 bridgehead atoms. The number of rotatable bonds is 0. The molecule has 0 aliphatic heterocycles. The van der Waals surface area contributed by atoms with Gasteiger partial charge in [-0.05, 0) is 12.1 Å². The van der Waals surface area contributed by atoms with Crippen molar-refractivity contribution in [3.8, 4) is 0 Å². The monoisotopic (exact) mass is 227 g/mol. The lowest BCUT2D eigenvalue weighted by Crippen LogP contribution is -1.98. The van der Waals surface area contributed by atoms with E-state index >= 15 is 0 Å². The van der Waals surface area contributed by atoms with Crippen molar-refractivity contribution in [1.82, 2.24) is 0 Å². The van der Waals surface area contributed by atoms with Gasteiger partial charge in [-0.2, -0.15) is 0 Å². The van der Waals surface area contributed by atoms with Crippen molar-refractivity contribution in [2.24, 2.45) is 0 Å². The molecule has 0 aliphatic rings. The molecule has 1 rings (SSSR count). The highest BCUT2D eigenvalue weighted by atomic mass is 35.6. The molecule has 11 heavy (non-hydrogen) atoms. The summed E-state index contributed by atoms with van der Waals surface area (Å²) in [6.07, 6.45) is 0. The fraction of sp³-hybridized carbons (Fsp3) is 0.143. The summed E-state index contributed by atoms with van der Waals surface area (Å²) in [5.41, 5.74) is 0.562. The van der Waals surface area contributed by atoms with Crippen LogP contribution in [0.25, 0.3) is 0 Å². The maximum Gasteiger partial charge on any atom is 0.216 e. The molecule has 1 aromatic carbocycles. The van der Waals surface area contributed by atoms with Gasteiger partial charge in [0.15, 0.2) is 0 Å². The van der Waals surface area contributed by atoms with Crippen LogP contribution in [0.2, 0.25) is 5.02 Å². The van der Waals surface area contributed by atoms with Gasteiger partial charge in [-0.3, -0.25) is 0 Å². The van der Waals surface area contributed by atoms with Crippen LogP contribution in [0.1, 0.15) is 5.56 Å². The fourth-order valence-corrected chi connectivity index (χ4v) is 1.05. The Balaban J connectivity index is 2.99. The Labute approximate surface area is 85.0 Å². The highest BCUT2D eigenvalue weighted by Crippen LogP contribution is 2.38. The highest BCUT2D eigenvalue weighted by Gasteiger charge is 2.21. The molecule has 1 radical (unpaired) electrons. The van der Waals surface area contributed by atoms with Crippen molar-refractivity contribution in [3.05, 3.63) is 34.9 Å². The molecule has 1 aromatic rings. The highest BCUT2D eigenvalue weighted by molar-refractivity contribution is 6.66. The molecule has 0 nitrogen and oxygen atoms in total. The van der Waals surface area contributed by atoms with Crippen molar-refractivity contribution in [2.45, 2.75) is 3.79 Å². The van der Waals surface area contributed by atoms with E-state index in [1.165, 1.54) is 0 Å². The second-order valence-corrected chi connectivity index (χ2v) is 4.61. The molecule has 0 amide bonds. The van der Waals surface area contributed by atoms with Gasteiger partial charge in [0.05, 0.1) is 0 Å². The summed E-state index contributed by atoms with van der Waals surface area (Å²) >= 11 is 22.3. The molecule has 0 N–H and O–H groups in total. The molecular formula is C7H3Cl4. The average molecular weight is 229 g/mol. The van der Waals surface area contributed by atoms with Crippen LogP contribution in [0.4, 0.5) is 0 Å². The lowest BCUT2D eigenvalue weighted by molar-refractivity contribution is 1.24. The first-order valence-corrected chi connectivity index (χ1v) is 4.26. The van der Waals surface area contributed by atoms with Crippen molar-refractivity contribution >= 4 is 46.4 Å². The number of hydrogen-bond donors (Lipinski definition) is 0. The molecule has 0 heterocycles. The Morgan fingerprint density at radius 1 is 1.18 bits per heavy atom. The zero-order valence-corrected chi connectivity index (χ0v) is 8.27. The van der Waals surface area contributed by atoms with Gasteiger partial charge in [0.2, 0.25) is 3.79 Å². The molecule has 0 saturated carbocycles. The van der Waals surface area contributed by atoms with Gasteiger partial charge < -0.3 is 0 Å².